The van der Waals surface area contributed by atoms with Crippen LogP contribution in [0.2, 0.25) is 5.02 Å². The van der Waals surface area contributed by atoms with E-state index in [4.69, 9.17) is 11.6 Å². The number of piperazine rings is 1. The molecule has 1 saturated heterocycles. The number of para-hydroxylation sites is 1. The second-order valence-corrected chi connectivity index (χ2v) is 7.47. The highest BCUT2D eigenvalue weighted by Gasteiger charge is 2.33. The zero-order valence-electron chi connectivity index (χ0n) is 16.1. The Morgan fingerprint density at radius 1 is 1.03 bits per heavy atom. The molecule has 1 N–H and O–H groups in total. The molecule has 1 fully saturated rings. The number of nitrogens with one attached hydrogen (secondary N) is 1. The molecule has 2 aromatic rings. The standard InChI is InChI=1S/C21H22ClN5O2/c1-15-20(28)27(17-7-3-2-4-8-17)24-19(23-15)21(29)26-12-10-25(11-13-26)18-9-5-6-16(22)14-18/h2-9,14-15H,10-13H2,1H3,(H,23,24). The molecule has 0 aliphatic carbocycles. The fourth-order valence-corrected chi connectivity index (χ4v) is 3.67. The van der Waals surface area contributed by atoms with Gasteiger partial charge in [-0.2, -0.15) is 0 Å². The van der Waals surface area contributed by atoms with Gasteiger partial charge in [-0.3, -0.25) is 15.0 Å². The molecule has 29 heavy (non-hydrogen) atoms. The van der Waals surface area contributed by atoms with Crippen molar-refractivity contribution in [1.82, 2.24) is 10.3 Å². The second-order valence-electron chi connectivity index (χ2n) is 7.03. The number of carbonyl (C=O) groups is 2. The fraction of sp³-hybridized carbons (Fsp3) is 0.286. The Morgan fingerprint density at radius 2 is 1.72 bits per heavy atom. The molecule has 1 unspecified atom stereocenters. The van der Waals surface area contributed by atoms with E-state index in [0.717, 1.165) is 5.69 Å². The lowest BCUT2D eigenvalue weighted by Gasteiger charge is -2.37. The van der Waals surface area contributed by atoms with Gasteiger partial charge in [0.1, 0.15) is 6.04 Å². The minimum absolute atomic E-state index is 0.192. The molecule has 1 atom stereocenters. The van der Waals surface area contributed by atoms with Crippen molar-refractivity contribution in [3.63, 3.8) is 0 Å². The molecule has 8 heteroatoms. The molecule has 2 amide bonds. The summed E-state index contributed by atoms with van der Waals surface area (Å²) in [6, 6.07) is 16.3. The third-order valence-corrected chi connectivity index (χ3v) is 5.31. The monoisotopic (exact) mass is 411 g/mol. The van der Waals surface area contributed by atoms with Crippen molar-refractivity contribution < 1.29 is 9.59 Å². The van der Waals surface area contributed by atoms with Crippen molar-refractivity contribution in [2.75, 3.05) is 36.1 Å². The lowest BCUT2D eigenvalue weighted by molar-refractivity contribution is -0.125. The second kappa shape index (κ2) is 8.13. The van der Waals surface area contributed by atoms with Gasteiger partial charge in [-0.25, -0.2) is 10.0 Å². The van der Waals surface area contributed by atoms with Crippen LogP contribution in [0.5, 0.6) is 0 Å². The summed E-state index contributed by atoms with van der Waals surface area (Å²) in [6.07, 6.45) is 0. The smallest absolute Gasteiger partial charge is 0.290 e. The van der Waals surface area contributed by atoms with Crippen LogP contribution in [0.4, 0.5) is 11.4 Å². The summed E-state index contributed by atoms with van der Waals surface area (Å²) in [7, 11) is 0. The molecular weight excluding hydrogens is 390 g/mol. The van der Waals surface area contributed by atoms with Crippen LogP contribution in [0, 0.1) is 0 Å². The van der Waals surface area contributed by atoms with E-state index in [1.165, 1.54) is 5.01 Å². The summed E-state index contributed by atoms with van der Waals surface area (Å²) >= 11 is 6.09. The normalized spacial score (nSPS) is 19.7. The van der Waals surface area contributed by atoms with E-state index in [2.05, 4.69) is 15.3 Å². The van der Waals surface area contributed by atoms with Crippen molar-refractivity contribution >= 4 is 40.6 Å². The molecule has 0 bridgehead atoms. The number of amides is 2. The first-order chi connectivity index (χ1) is 14.0. The number of hydrogen-bond donors (Lipinski definition) is 1. The maximum atomic E-state index is 13.0. The SMILES string of the molecule is CC1N=C(C(=O)N2CCN(c3cccc(Cl)c3)CC2)NN(c2ccccc2)C1=O. The van der Waals surface area contributed by atoms with E-state index in [0.29, 0.717) is 36.9 Å². The van der Waals surface area contributed by atoms with E-state index < -0.39 is 6.04 Å². The first-order valence-electron chi connectivity index (χ1n) is 9.56. The largest absolute Gasteiger partial charge is 0.368 e. The summed E-state index contributed by atoms with van der Waals surface area (Å²) in [6.45, 7) is 4.25. The Labute approximate surface area is 174 Å². The zero-order valence-corrected chi connectivity index (χ0v) is 16.8. The Morgan fingerprint density at radius 3 is 2.41 bits per heavy atom. The third-order valence-electron chi connectivity index (χ3n) is 5.08. The fourth-order valence-electron chi connectivity index (χ4n) is 3.49. The summed E-state index contributed by atoms with van der Waals surface area (Å²) in [5, 5.41) is 2.09. The highest BCUT2D eigenvalue weighted by molar-refractivity contribution is 6.39. The number of anilines is 2. The lowest BCUT2D eigenvalue weighted by Crippen LogP contribution is -2.60. The van der Waals surface area contributed by atoms with Crippen LogP contribution < -0.4 is 15.3 Å². The lowest BCUT2D eigenvalue weighted by atomic mass is 10.2. The van der Waals surface area contributed by atoms with Crippen molar-refractivity contribution in [2.24, 2.45) is 4.99 Å². The zero-order chi connectivity index (χ0) is 20.4. The van der Waals surface area contributed by atoms with Crippen molar-refractivity contribution in [1.29, 1.82) is 0 Å². The Balaban J connectivity index is 1.44. The van der Waals surface area contributed by atoms with E-state index in [1.807, 2.05) is 54.6 Å². The molecule has 2 heterocycles. The minimum Gasteiger partial charge on any atom is -0.368 e. The van der Waals surface area contributed by atoms with Crippen LogP contribution in [0.25, 0.3) is 0 Å². The van der Waals surface area contributed by atoms with Gasteiger partial charge in [-0.1, -0.05) is 35.9 Å². The van der Waals surface area contributed by atoms with Crippen LogP contribution in [-0.2, 0) is 9.59 Å². The number of carbonyl (C=O) groups excluding carboxylic acids is 2. The van der Waals surface area contributed by atoms with Gasteiger partial charge >= 0.3 is 0 Å². The van der Waals surface area contributed by atoms with E-state index >= 15 is 0 Å². The van der Waals surface area contributed by atoms with E-state index in [-0.39, 0.29) is 17.6 Å². The number of hydrogen-bond acceptors (Lipinski definition) is 5. The molecule has 2 aliphatic rings. The van der Waals surface area contributed by atoms with Gasteiger partial charge in [0.15, 0.2) is 0 Å². The maximum absolute atomic E-state index is 13.0. The van der Waals surface area contributed by atoms with Crippen molar-refractivity contribution in [2.45, 2.75) is 13.0 Å². The van der Waals surface area contributed by atoms with Gasteiger partial charge in [-0.05, 0) is 37.3 Å². The number of rotatable bonds is 3. The van der Waals surface area contributed by atoms with Crippen molar-refractivity contribution in [3.05, 3.63) is 59.6 Å². The van der Waals surface area contributed by atoms with E-state index in [1.54, 1.807) is 11.8 Å². The minimum atomic E-state index is -0.622. The van der Waals surface area contributed by atoms with Crippen LogP contribution in [0.15, 0.2) is 59.6 Å². The number of hydrazine groups is 1. The quantitative estimate of drug-likeness (QED) is 0.841. The Bertz CT molecular complexity index is 941. The Kier molecular flexibility index (Phi) is 5.40. The topological polar surface area (TPSA) is 68.2 Å². The summed E-state index contributed by atoms with van der Waals surface area (Å²) in [5.74, 6) is -0.202. The van der Waals surface area contributed by atoms with Crippen LogP contribution in [0.3, 0.4) is 0 Å². The molecule has 0 aromatic heterocycles. The molecule has 0 saturated carbocycles. The van der Waals surface area contributed by atoms with E-state index in [9.17, 15) is 9.59 Å². The van der Waals surface area contributed by atoms with Gasteiger partial charge in [0.2, 0.25) is 5.84 Å². The predicted octanol–water partition coefficient (Wildman–Crippen LogP) is 2.33. The molecule has 4 rings (SSSR count). The molecule has 0 spiro atoms. The highest BCUT2D eigenvalue weighted by Crippen LogP contribution is 2.21. The van der Waals surface area contributed by atoms with Gasteiger partial charge in [0.05, 0.1) is 5.69 Å². The first-order valence-corrected chi connectivity index (χ1v) is 9.94. The average Bonchev–Trinajstić information content (AvgIpc) is 2.76. The number of nitrogens with zero attached hydrogens (tertiary/aromatic N) is 4. The number of aliphatic imine (C=N–C) groups is 1. The molecule has 0 radical (unpaired) electrons. The van der Waals surface area contributed by atoms with Crippen LogP contribution in [-0.4, -0.2) is 54.8 Å². The third kappa shape index (κ3) is 4.05. The summed E-state index contributed by atoms with van der Waals surface area (Å²) in [4.78, 5) is 33.8. The van der Waals surface area contributed by atoms with Crippen molar-refractivity contribution in [3.8, 4) is 0 Å². The summed E-state index contributed by atoms with van der Waals surface area (Å²) in [5.41, 5.74) is 4.63. The Hall–Kier alpha value is -3.06. The number of amidine groups is 1. The summed E-state index contributed by atoms with van der Waals surface area (Å²) < 4.78 is 0. The first kappa shape index (κ1) is 19.3. The molecular formula is C21H22ClN5O2. The molecule has 150 valence electrons. The van der Waals surface area contributed by atoms with Gasteiger partial charge in [-0.15, -0.1) is 0 Å². The maximum Gasteiger partial charge on any atom is 0.290 e. The van der Waals surface area contributed by atoms with Crippen LogP contribution in [0.1, 0.15) is 6.92 Å². The molecule has 7 nitrogen and oxygen atoms in total. The van der Waals surface area contributed by atoms with Crippen LogP contribution >= 0.6 is 11.6 Å². The molecule has 2 aromatic carbocycles. The van der Waals surface area contributed by atoms with Gasteiger partial charge < -0.3 is 9.80 Å². The number of halogens is 1. The average molecular weight is 412 g/mol. The predicted molar refractivity (Wildman–Crippen MR) is 114 cm³/mol. The molecule has 2 aliphatic heterocycles. The van der Waals surface area contributed by atoms with Gasteiger partial charge in [0.25, 0.3) is 11.8 Å². The highest BCUT2D eigenvalue weighted by atomic mass is 35.5. The number of benzene rings is 2. The van der Waals surface area contributed by atoms with Gasteiger partial charge in [0, 0.05) is 36.9 Å².